The molecule has 0 fully saturated rings. The van der Waals surface area contributed by atoms with E-state index in [0.717, 1.165) is 5.56 Å². The summed E-state index contributed by atoms with van der Waals surface area (Å²) in [5, 5.41) is 5.30. The first kappa shape index (κ1) is 20.3. The molecule has 2 N–H and O–H groups in total. The molecule has 0 radical (unpaired) electrons. The fourth-order valence-corrected chi connectivity index (χ4v) is 2.79. The lowest BCUT2D eigenvalue weighted by molar-refractivity contribution is -0.113. The summed E-state index contributed by atoms with van der Waals surface area (Å²) < 4.78 is 5.65. The van der Waals surface area contributed by atoms with Crippen LogP contribution in [0.3, 0.4) is 0 Å². The number of Topliss-reactive ketones (excluding diaryl/α,β-unsaturated/α-hetero) is 1. The monoisotopic (exact) mass is 452 g/mol. The van der Waals surface area contributed by atoms with Crippen molar-refractivity contribution in [2.75, 3.05) is 5.32 Å². The highest BCUT2D eigenvalue weighted by atomic mass is 79.9. The van der Waals surface area contributed by atoms with E-state index in [0.29, 0.717) is 15.9 Å². The molecule has 0 saturated heterocycles. The van der Waals surface area contributed by atoms with Crippen LogP contribution < -0.4 is 10.6 Å². The molecule has 0 bridgehead atoms. The predicted octanol–water partition coefficient (Wildman–Crippen LogP) is 4.65. The average molecular weight is 453 g/mol. The average Bonchev–Trinajstić information content (AvgIpc) is 3.15. The molecule has 29 heavy (non-hydrogen) atoms. The van der Waals surface area contributed by atoms with Gasteiger partial charge in [0.25, 0.3) is 11.8 Å². The van der Waals surface area contributed by atoms with Crippen molar-refractivity contribution in [1.82, 2.24) is 5.32 Å². The number of halogens is 1. The number of carbonyl (C=O) groups excluding carboxylic acids is 3. The Bertz CT molecular complexity index is 1070. The van der Waals surface area contributed by atoms with Crippen molar-refractivity contribution in [2.24, 2.45) is 0 Å². The second-order valence-corrected chi connectivity index (χ2v) is 6.90. The predicted molar refractivity (Wildman–Crippen MR) is 113 cm³/mol. The van der Waals surface area contributed by atoms with E-state index in [2.05, 4.69) is 26.6 Å². The van der Waals surface area contributed by atoms with Gasteiger partial charge in [-0.1, -0.05) is 30.3 Å². The van der Waals surface area contributed by atoms with Gasteiger partial charge in [-0.2, -0.15) is 0 Å². The summed E-state index contributed by atoms with van der Waals surface area (Å²) >= 11 is 3.15. The third kappa shape index (κ3) is 5.52. The minimum Gasteiger partial charge on any atom is -0.444 e. The zero-order chi connectivity index (χ0) is 20.8. The minimum absolute atomic E-state index is 0.0457. The SMILES string of the molecule is CC(=O)c1ccc(NC(=O)C(=Cc2ccccc2)NC(=O)c2ccc(Br)o2)cc1. The van der Waals surface area contributed by atoms with Gasteiger partial charge >= 0.3 is 0 Å². The molecule has 1 heterocycles. The van der Waals surface area contributed by atoms with Gasteiger partial charge in [0.1, 0.15) is 5.70 Å². The standard InChI is InChI=1S/C22H17BrN2O4/c1-14(26)16-7-9-17(10-8-16)24-21(27)18(13-15-5-3-2-4-6-15)25-22(28)19-11-12-20(23)29-19/h2-13H,1H3,(H,24,27)(H,25,28). The Morgan fingerprint density at radius 3 is 2.21 bits per heavy atom. The highest BCUT2D eigenvalue weighted by Gasteiger charge is 2.17. The molecule has 1 aromatic heterocycles. The van der Waals surface area contributed by atoms with Gasteiger partial charge in [-0.05, 0) is 70.9 Å². The zero-order valence-electron chi connectivity index (χ0n) is 15.4. The summed E-state index contributed by atoms with van der Waals surface area (Å²) in [6.07, 6.45) is 1.56. The molecule has 0 aliphatic heterocycles. The second kappa shape index (κ2) is 9.16. The third-order valence-corrected chi connectivity index (χ3v) is 4.38. The number of rotatable bonds is 6. The quantitative estimate of drug-likeness (QED) is 0.420. The van der Waals surface area contributed by atoms with Gasteiger partial charge in [-0.15, -0.1) is 0 Å². The molecule has 3 rings (SSSR count). The van der Waals surface area contributed by atoms with E-state index in [-0.39, 0.29) is 17.2 Å². The molecule has 0 unspecified atom stereocenters. The number of benzene rings is 2. The Balaban J connectivity index is 1.83. The van der Waals surface area contributed by atoms with Crippen LogP contribution >= 0.6 is 15.9 Å². The summed E-state index contributed by atoms with van der Waals surface area (Å²) in [4.78, 5) is 36.6. The Labute approximate surface area is 175 Å². The van der Waals surface area contributed by atoms with E-state index in [9.17, 15) is 14.4 Å². The number of hydrogen-bond acceptors (Lipinski definition) is 4. The Hall–Kier alpha value is -3.45. The van der Waals surface area contributed by atoms with Crippen LogP contribution in [-0.4, -0.2) is 17.6 Å². The maximum Gasteiger partial charge on any atom is 0.291 e. The maximum atomic E-state index is 12.8. The van der Waals surface area contributed by atoms with E-state index in [4.69, 9.17) is 4.42 Å². The lowest BCUT2D eigenvalue weighted by atomic mass is 10.1. The normalized spacial score (nSPS) is 11.0. The fraction of sp³-hybridized carbons (Fsp3) is 0.0455. The lowest BCUT2D eigenvalue weighted by Gasteiger charge is -2.11. The molecule has 0 spiro atoms. The summed E-state index contributed by atoms with van der Waals surface area (Å²) in [6.45, 7) is 1.47. The molecule has 0 saturated carbocycles. The highest BCUT2D eigenvalue weighted by Crippen LogP contribution is 2.16. The number of hydrogen-bond donors (Lipinski definition) is 2. The highest BCUT2D eigenvalue weighted by molar-refractivity contribution is 9.10. The first-order chi connectivity index (χ1) is 13.9. The van der Waals surface area contributed by atoms with Gasteiger partial charge in [0, 0.05) is 11.3 Å². The van der Waals surface area contributed by atoms with E-state index in [1.807, 2.05) is 30.3 Å². The van der Waals surface area contributed by atoms with Crippen LogP contribution in [0.5, 0.6) is 0 Å². The summed E-state index contributed by atoms with van der Waals surface area (Å²) in [7, 11) is 0. The van der Waals surface area contributed by atoms with Crippen molar-refractivity contribution in [3.05, 3.63) is 94.0 Å². The van der Waals surface area contributed by atoms with Crippen LogP contribution in [-0.2, 0) is 4.79 Å². The maximum absolute atomic E-state index is 12.8. The first-order valence-electron chi connectivity index (χ1n) is 8.68. The van der Waals surface area contributed by atoms with E-state index < -0.39 is 11.8 Å². The van der Waals surface area contributed by atoms with E-state index in [1.165, 1.54) is 13.0 Å². The van der Waals surface area contributed by atoms with Crippen LogP contribution in [0, 0.1) is 0 Å². The first-order valence-corrected chi connectivity index (χ1v) is 9.47. The van der Waals surface area contributed by atoms with Crippen molar-refractivity contribution >= 4 is 45.3 Å². The lowest BCUT2D eigenvalue weighted by Crippen LogP contribution is -2.30. The third-order valence-electron chi connectivity index (χ3n) is 3.95. The Morgan fingerprint density at radius 1 is 0.931 bits per heavy atom. The summed E-state index contributed by atoms with van der Waals surface area (Å²) in [5.74, 6) is -1.07. The molecule has 2 aromatic carbocycles. The van der Waals surface area contributed by atoms with Crippen molar-refractivity contribution < 1.29 is 18.8 Å². The molecule has 2 amide bonds. The van der Waals surface area contributed by atoms with Crippen molar-refractivity contribution in [2.45, 2.75) is 6.92 Å². The fourth-order valence-electron chi connectivity index (χ4n) is 2.48. The number of ketones is 1. The van der Waals surface area contributed by atoms with Crippen molar-refractivity contribution in [3.8, 4) is 0 Å². The van der Waals surface area contributed by atoms with E-state index >= 15 is 0 Å². The molecule has 0 aliphatic carbocycles. The van der Waals surface area contributed by atoms with E-state index in [1.54, 1.807) is 36.4 Å². The zero-order valence-corrected chi connectivity index (χ0v) is 17.0. The molecule has 7 heteroatoms. The van der Waals surface area contributed by atoms with Gasteiger partial charge in [-0.25, -0.2) is 0 Å². The molecule has 3 aromatic rings. The molecule has 0 atom stereocenters. The minimum atomic E-state index is -0.556. The Kier molecular flexibility index (Phi) is 6.41. The van der Waals surface area contributed by atoms with Crippen molar-refractivity contribution in [1.29, 1.82) is 0 Å². The van der Waals surface area contributed by atoms with Crippen LogP contribution in [0.4, 0.5) is 5.69 Å². The number of furan rings is 1. The second-order valence-electron chi connectivity index (χ2n) is 6.11. The van der Waals surface area contributed by atoms with Crippen LogP contribution in [0.2, 0.25) is 0 Å². The number of nitrogens with one attached hydrogen (secondary N) is 2. The molecular weight excluding hydrogens is 436 g/mol. The van der Waals surface area contributed by atoms with Gasteiger partial charge in [0.15, 0.2) is 16.2 Å². The molecular formula is C22H17BrN2O4. The van der Waals surface area contributed by atoms with Gasteiger partial charge in [0.05, 0.1) is 0 Å². The van der Waals surface area contributed by atoms with Crippen LogP contribution in [0.1, 0.15) is 33.4 Å². The Morgan fingerprint density at radius 2 is 1.62 bits per heavy atom. The molecule has 0 aliphatic rings. The van der Waals surface area contributed by atoms with Crippen molar-refractivity contribution in [3.63, 3.8) is 0 Å². The van der Waals surface area contributed by atoms with Crippen LogP contribution in [0.25, 0.3) is 6.08 Å². The number of amides is 2. The smallest absolute Gasteiger partial charge is 0.291 e. The summed E-state index contributed by atoms with van der Waals surface area (Å²) in [5.41, 5.74) is 1.82. The summed E-state index contributed by atoms with van der Waals surface area (Å²) in [6, 6.07) is 18.7. The van der Waals surface area contributed by atoms with Crippen LogP contribution in [0.15, 0.2) is 81.5 Å². The largest absolute Gasteiger partial charge is 0.444 e. The number of anilines is 1. The topological polar surface area (TPSA) is 88.4 Å². The number of carbonyl (C=O) groups is 3. The van der Waals surface area contributed by atoms with Gasteiger partial charge in [-0.3, -0.25) is 14.4 Å². The van der Waals surface area contributed by atoms with Gasteiger partial charge in [0.2, 0.25) is 0 Å². The molecule has 146 valence electrons. The van der Waals surface area contributed by atoms with Gasteiger partial charge < -0.3 is 15.1 Å². The molecule has 6 nitrogen and oxygen atoms in total.